The van der Waals surface area contributed by atoms with Crippen molar-refractivity contribution in [2.45, 2.75) is 13.3 Å². The van der Waals surface area contributed by atoms with Gasteiger partial charge in [-0.25, -0.2) is 15.0 Å². The van der Waals surface area contributed by atoms with Crippen molar-refractivity contribution >= 4 is 33.4 Å². The third kappa shape index (κ3) is 4.54. The normalized spacial score (nSPS) is 11.2. The van der Waals surface area contributed by atoms with E-state index in [1.165, 1.54) is 0 Å². The average Bonchev–Trinajstić information content (AvgIpc) is 3.59. The second-order valence-electron chi connectivity index (χ2n) is 9.51. The minimum absolute atomic E-state index is 0.561. The fraction of sp³-hybridized carbons (Fsp3) is 0.0606. The lowest BCUT2D eigenvalue weighted by Crippen LogP contribution is -2.11. The van der Waals surface area contributed by atoms with E-state index in [0.29, 0.717) is 13.3 Å². The summed E-state index contributed by atoms with van der Waals surface area (Å²) in [6.07, 6.45) is 0. The van der Waals surface area contributed by atoms with Crippen LogP contribution in [0.2, 0.25) is 0 Å². The molecule has 0 spiro atoms. The van der Waals surface area contributed by atoms with E-state index < -0.39 is 0 Å². The Bertz CT molecular complexity index is 1770. The first-order valence-corrected chi connectivity index (χ1v) is 13.3. The van der Waals surface area contributed by atoms with E-state index in [4.69, 9.17) is 15.0 Å². The van der Waals surface area contributed by atoms with Gasteiger partial charge in [-0.2, -0.15) is 0 Å². The number of nitrogens with one attached hydrogen (secondary N) is 2. The number of hydrogen-bond donors (Lipinski definition) is 2. The second-order valence-corrected chi connectivity index (χ2v) is 9.51. The molecule has 0 aliphatic carbocycles. The van der Waals surface area contributed by atoms with Gasteiger partial charge in [-0.05, 0) is 60.7 Å². The van der Waals surface area contributed by atoms with E-state index in [9.17, 15) is 0 Å². The van der Waals surface area contributed by atoms with Gasteiger partial charge in [0.25, 0.3) is 0 Å². The average molecular weight is 522 g/mol. The highest BCUT2D eigenvalue weighted by atomic mass is 15.2. The molecule has 0 saturated heterocycles. The maximum absolute atomic E-state index is 5.11. The van der Waals surface area contributed by atoms with Crippen molar-refractivity contribution in [2.75, 3.05) is 10.6 Å². The summed E-state index contributed by atoms with van der Waals surface area (Å²) in [7, 11) is 0. The lowest BCUT2D eigenvalue weighted by molar-refractivity contribution is 0.801. The molecule has 7 nitrogen and oxygen atoms in total. The predicted octanol–water partition coefficient (Wildman–Crippen LogP) is 7.25. The molecule has 0 fully saturated rings. The molecular formula is C33H27N7. The van der Waals surface area contributed by atoms with Crippen LogP contribution in [-0.4, -0.2) is 24.1 Å². The lowest BCUT2D eigenvalue weighted by atomic mass is 10.2. The molecule has 7 heteroatoms. The first-order chi connectivity index (χ1) is 19.8. The molecule has 0 bridgehead atoms. The van der Waals surface area contributed by atoms with Gasteiger partial charge < -0.3 is 19.8 Å². The zero-order chi connectivity index (χ0) is 26.7. The van der Waals surface area contributed by atoms with E-state index in [2.05, 4.69) is 56.2 Å². The summed E-state index contributed by atoms with van der Waals surface area (Å²) in [5.41, 5.74) is 7.63. The van der Waals surface area contributed by atoms with Crippen LogP contribution in [-0.2, 0) is 13.3 Å². The number of imidazole rings is 2. The van der Waals surface area contributed by atoms with Crippen molar-refractivity contribution < 1.29 is 0 Å². The van der Waals surface area contributed by atoms with Gasteiger partial charge in [0.05, 0.1) is 35.4 Å². The van der Waals surface area contributed by atoms with E-state index in [1.807, 2.05) is 91.0 Å². The van der Waals surface area contributed by atoms with Crippen molar-refractivity contribution in [1.29, 1.82) is 0 Å². The number of anilines is 2. The molecule has 0 atom stereocenters. The molecule has 0 radical (unpaired) electrons. The fourth-order valence-electron chi connectivity index (χ4n) is 5.00. The Morgan fingerprint density at radius 1 is 0.425 bits per heavy atom. The SMILES string of the molecule is c1ccc(NCn2c(-c3cccc(-c4nc5ccccc5n4CNc4ccccc4)n3)nc3ccccc32)cc1. The van der Waals surface area contributed by atoms with Crippen molar-refractivity contribution in [3.63, 3.8) is 0 Å². The largest absolute Gasteiger partial charge is 0.367 e. The molecule has 7 aromatic rings. The molecule has 3 aromatic heterocycles. The van der Waals surface area contributed by atoms with Crippen LogP contribution in [0.4, 0.5) is 11.4 Å². The molecule has 0 unspecified atom stereocenters. The van der Waals surface area contributed by atoms with Gasteiger partial charge in [-0.1, -0.05) is 66.7 Å². The number of fused-ring (bicyclic) bond motifs is 2. The first kappa shape index (κ1) is 23.7. The quantitative estimate of drug-likeness (QED) is 0.220. The minimum Gasteiger partial charge on any atom is -0.367 e. The van der Waals surface area contributed by atoms with E-state index in [-0.39, 0.29) is 0 Å². The Balaban J connectivity index is 1.29. The van der Waals surface area contributed by atoms with Crippen LogP contribution >= 0.6 is 0 Å². The standard InChI is InChI=1S/C33H27N7/c1-3-12-24(13-4-1)34-22-39-30-20-9-7-16-26(30)37-32(39)28-18-11-19-29(36-28)33-38-27-17-8-10-21-31(27)40(33)23-35-25-14-5-2-6-15-25/h1-21,34-35H,22-23H2. The van der Waals surface area contributed by atoms with Crippen LogP contribution in [0.25, 0.3) is 45.1 Å². The van der Waals surface area contributed by atoms with Crippen LogP contribution in [0.5, 0.6) is 0 Å². The molecule has 0 aliphatic heterocycles. The van der Waals surface area contributed by atoms with Gasteiger partial charge in [0.15, 0.2) is 11.6 Å². The predicted molar refractivity (Wildman–Crippen MR) is 162 cm³/mol. The van der Waals surface area contributed by atoms with Crippen molar-refractivity contribution in [3.05, 3.63) is 127 Å². The maximum Gasteiger partial charge on any atom is 0.161 e. The first-order valence-electron chi connectivity index (χ1n) is 13.3. The summed E-state index contributed by atoms with van der Waals surface area (Å²) in [5, 5.41) is 7.05. The summed E-state index contributed by atoms with van der Waals surface area (Å²) < 4.78 is 4.35. The van der Waals surface area contributed by atoms with Gasteiger partial charge >= 0.3 is 0 Å². The number of aromatic nitrogens is 5. The zero-order valence-corrected chi connectivity index (χ0v) is 21.8. The smallest absolute Gasteiger partial charge is 0.161 e. The Morgan fingerprint density at radius 3 is 1.32 bits per heavy atom. The Morgan fingerprint density at radius 2 is 0.850 bits per heavy atom. The monoisotopic (exact) mass is 521 g/mol. The number of para-hydroxylation sites is 6. The second kappa shape index (κ2) is 10.4. The molecular weight excluding hydrogens is 494 g/mol. The number of benzene rings is 4. The van der Waals surface area contributed by atoms with Crippen molar-refractivity contribution in [3.8, 4) is 23.0 Å². The zero-order valence-electron chi connectivity index (χ0n) is 21.8. The van der Waals surface area contributed by atoms with Gasteiger partial charge in [0, 0.05) is 11.4 Å². The Kier molecular flexibility index (Phi) is 6.14. The number of pyridine rings is 1. The van der Waals surface area contributed by atoms with Crippen LogP contribution in [0.15, 0.2) is 127 Å². The van der Waals surface area contributed by atoms with Crippen LogP contribution in [0, 0.1) is 0 Å². The third-order valence-corrected chi connectivity index (χ3v) is 6.95. The number of hydrogen-bond acceptors (Lipinski definition) is 5. The molecule has 3 heterocycles. The van der Waals surface area contributed by atoms with Crippen LogP contribution in [0.1, 0.15) is 0 Å². The van der Waals surface area contributed by atoms with Crippen molar-refractivity contribution in [2.24, 2.45) is 0 Å². The molecule has 0 amide bonds. The van der Waals surface area contributed by atoms with Gasteiger partial charge in [0.2, 0.25) is 0 Å². The molecule has 194 valence electrons. The minimum atomic E-state index is 0.561. The number of rotatable bonds is 8. The van der Waals surface area contributed by atoms with E-state index in [1.54, 1.807) is 0 Å². The highest BCUT2D eigenvalue weighted by molar-refractivity contribution is 5.82. The van der Waals surface area contributed by atoms with E-state index >= 15 is 0 Å². The maximum atomic E-state index is 5.11. The van der Waals surface area contributed by atoms with Crippen LogP contribution in [0.3, 0.4) is 0 Å². The summed E-state index contributed by atoms with van der Waals surface area (Å²) >= 11 is 0. The molecule has 0 aliphatic rings. The summed E-state index contributed by atoms with van der Waals surface area (Å²) in [6, 6.07) is 42.8. The van der Waals surface area contributed by atoms with Gasteiger partial charge in [-0.15, -0.1) is 0 Å². The van der Waals surface area contributed by atoms with E-state index in [0.717, 1.165) is 56.5 Å². The topological polar surface area (TPSA) is 72.6 Å². The summed E-state index contributed by atoms with van der Waals surface area (Å²) in [5.74, 6) is 1.60. The highest BCUT2D eigenvalue weighted by Crippen LogP contribution is 2.28. The molecule has 4 aromatic carbocycles. The fourth-order valence-corrected chi connectivity index (χ4v) is 5.00. The molecule has 7 rings (SSSR count). The van der Waals surface area contributed by atoms with Gasteiger partial charge in [0.1, 0.15) is 11.4 Å². The van der Waals surface area contributed by atoms with Crippen molar-refractivity contribution in [1.82, 2.24) is 24.1 Å². The summed E-state index contributed by atoms with van der Waals surface area (Å²) in [4.78, 5) is 15.1. The highest BCUT2D eigenvalue weighted by Gasteiger charge is 2.17. The molecule has 2 N–H and O–H groups in total. The van der Waals surface area contributed by atoms with Gasteiger partial charge in [-0.3, -0.25) is 0 Å². The Hall–Kier alpha value is -5.43. The number of nitrogens with zero attached hydrogens (tertiary/aromatic N) is 5. The lowest BCUT2D eigenvalue weighted by Gasteiger charge is -2.13. The Labute approximate surface area is 231 Å². The molecule has 0 saturated carbocycles. The van der Waals surface area contributed by atoms with Crippen LogP contribution < -0.4 is 10.6 Å². The molecule has 40 heavy (non-hydrogen) atoms. The third-order valence-electron chi connectivity index (χ3n) is 6.95. The summed E-state index contributed by atoms with van der Waals surface area (Å²) in [6.45, 7) is 1.12.